The zero-order valence-corrected chi connectivity index (χ0v) is 11.2. The number of nitrogens with zero attached hydrogens (tertiary/aromatic N) is 1. The van der Waals surface area contributed by atoms with Crippen LogP contribution in [0.15, 0.2) is 18.2 Å². The Labute approximate surface area is 109 Å². The van der Waals surface area contributed by atoms with Crippen molar-refractivity contribution in [1.29, 1.82) is 0 Å². The van der Waals surface area contributed by atoms with Gasteiger partial charge in [-0.05, 0) is 30.5 Å². The average molecular weight is 303 g/mol. The van der Waals surface area contributed by atoms with E-state index in [0.717, 1.165) is 41.0 Å². The van der Waals surface area contributed by atoms with E-state index in [1.807, 2.05) is 23.1 Å². The number of fused-ring (bicyclic) bond motifs is 1. The fourth-order valence-corrected chi connectivity index (χ4v) is 2.53. The maximum Gasteiger partial charge on any atom is 0.227 e. The number of carbonyl (C=O) groups is 1. The van der Waals surface area contributed by atoms with Crippen molar-refractivity contribution in [1.82, 2.24) is 0 Å². The fourth-order valence-electron chi connectivity index (χ4n) is 2.01. The van der Waals surface area contributed by atoms with Gasteiger partial charge < -0.3 is 4.90 Å². The second kappa shape index (κ2) is 5.19. The molecule has 2 rings (SSSR count). The Morgan fingerprint density at radius 2 is 2.19 bits per heavy atom. The molecule has 0 fully saturated rings. The third kappa shape index (κ3) is 2.25. The first kappa shape index (κ1) is 11.9. The molecule has 0 aromatic heterocycles. The Balaban J connectivity index is 2.32. The highest BCUT2D eigenvalue weighted by Crippen LogP contribution is 2.33. The van der Waals surface area contributed by atoms with Crippen molar-refractivity contribution >= 4 is 39.1 Å². The van der Waals surface area contributed by atoms with Crippen molar-refractivity contribution in [3.63, 3.8) is 0 Å². The van der Waals surface area contributed by atoms with Gasteiger partial charge in [0.2, 0.25) is 5.91 Å². The summed E-state index contributed by atoms with van der Waals surface area (Å²) in [5, 5.41) is 1.68. The molecule has 16 heavy (non-hydrogen) atoms. The molecule has 0 aliphatic carbocycles. The lowest BCUT2D eigenvalue weighted by molar-refractivity contribution is -0.118. The van der Waals surface area contributed by atoms with Crippen molar-refractivity contribution in [3.05, 3.63) is 28.8 Å². The summed E-state index contributed by atoms with van der Waals surface area (Å²) in [6.45, 7) is 0.761. The summed E-state index contributed by atoms with van der Waals surface area (Å²) >= 11 is 9.53. The smallest absolute Gasteiger partial charge is 0.227 e. The molecule has 0 saturated heterocycles. The van der Waals surface area contributed by atoms with E-state index in [4.69, 9.17) is 11.6 Å². The first-order valence-corrected chi connectivity index (χ1v) is 6.87. The molecule has 1 heterocycles. The molecule has 0 saturated carbocycles. The van der Waals surface area contributed by atoms with Crippen LogP contribution < -0.4 is 4.90 Å². The van der Waals surface area contributed by atoms with E-state index in [1.165, 1.54) is 0 Å². The van der Waals surface area contributed by atoms with Crippen LogP contribution >= 0.6 is 27.5 Å². The minimum atomic E-state index is 0.204. The van der Waals surface area contributed by atoms with E-state index in [9.17, 15) is 4.79 Å². The number of hydrogen-bond donors (Lipinski definition) is 0. The molecule has 0 spiro atoms. The zero-order valence-electron chi connectivity index (χ0n) is 8.88. The van der Waals surface area contributed by atoms with Gasteiger partial charge in [-0.25, -0.2) is 0 Å². The van der Waals surface area contributed by atoms with Gasteiger partial charge in [0.25, 0.3) is 0 Å². The number of halogens is 2. The maximum absolute atomic E-state index is 11.8. The van der Waals surface area contributed by atoms with Gasteiger partial charge in [-0.3, -0.25) is 4.79 Å². The lowest BCUT2D eigenvalue weighted by atomic mass is 10.0. The number of carbonyl (C=O) groups excluding carboxylic acids is 1. The summed E-state index contributed by atoms with van der Waals surface area (Å²) in [6, 6.07) is 5.77. The Morgan fingerprint density at radius 3 is 2.94 bits per heavy atom. The molecule has 1 aromatic rings. The molecule has 1 aromatic carbocycles. The number of anilines is 1. The fraction of sp³-hybridized carbons (Fsp3) is 0.417. The highest BCUT2D eigenvalue weighted by Gasteiger charge is 2.24. The number of hydrogen-bond acceptors (Lipinski definition) is 1. The minimum Gasteiger partial charge on any atom is -0.312 e. The SMILES string of the molecule is O=C1CCc2c(Cl)cccc2N1CCCBr. The third-order valence-electron chi connectivity index (χ3n) is 2.79. The summed E-state index contributed by atoms with van der Waals surface area (Å²) < 4.78 is 0. The summed E-state index contributed by atoms with van der Waals surface area (Å²) in [5.74, 6) is 0.204. The third-order valence-corrected chi connectivity index (χ3v) is 3.71. The Kier molecular flexibility index (Phi) is 3.87. The average Bonchev–Trinajstić information content (AvgIpc) is 2.28. The molecule has 86 valence electrons. The molecule has 1 aliphatic rings. The van der Waals surface area contributed by atoms with Crippen LogP contribution in [0, 0.1) is 0 Å². The molecule has 4 heteroatoms. The van der Waals surface area contributed by atoms with Crippen molar-refractivity contribution in [2.24, 2.45) is 0 Å². The minimum absolute atomic E-state index is 0.204. The first-order chi connectivity index (χ1) is 7.74. The van der Waals surface area contributed by atoms with Gasteiger partial charge in [-0.2, -0.15) is 0 Å². The van der Waals surface area contributed by atoms with E-state index in [-0.39, 0.29) is 5.91 Å². The Bertz CT molecular complexity index is 408. The van der Waals surface area contributed by atoms with Crippen LogP contribution in [0.3, 0.4) is 0 Å². The van der Waals surface area contributed by atoms with Crippen LogP contribution in [0.4, 0.5) is 5.69 Å². The second-order valence-electron chi connectivity index (χ2n) is 3.83. The van der Waals surface area contributed by atoms with Gasteiger partial charge in [0.05, 0.1) is 0 Å². The Morgan fingerprint density at radius 1 is 1.38 bits per heavy atom. The predicted molar refractivity (Wildman–Crippen MR) is 70.5 cm³/mol. The number of benzene rings is 1. The van der Waals surface area contributed by atoms with Crippen LogP contribution in [0.5, 0.6) is 0 Å². The molecule has 0 bridgehead atoms. The van der Waals surface area contributed by atoms with Crippen LogP contribution in [0.25, 0.3) is 0 Å². The van der Waals surface area contributed by atoms with Crippen molar-refractivity contribution in [2.75, 3.05) is 16.8 Å². The van der Waals surface area contributed by atoms with Crippen LogP contribution in [-0.2, 0) is 11.2 Å². The normalized spacial score (nSPS) is 15.1. The van der Waals surface area contributed by atoms with Gasteiger partial charge >= 0.3 is 0 Å². The maximum atomic E-state index is 11.8. The van der Waals surface area contributed by atoms with Crippen molar-refractivity contribution < 1.29 is 4.79 Å². The molecular formula is C12H13BrClNO. The standard InChI is InChI=1S/C12H13BrClNO/c13-7-2-8-15-11-4-1-3-10(14)9(11)5-6-12(15)16/h1,3-4H,2,5-8H2. The van der Waals surface area contributed by atoms with E-state index in [1.54, 1.807) is 0 Å². The number of rotatable bonds is 3. The summed E-state index contributed by atoms with van der Waals surface area (Å²) in [4.78, 5) is 13.7. The molecular weight excluding hydrogens is 289 g/mol. The van der Waals surface area contributed by atoms with Crippen molar-refractivity contribution in [2.45, 2.75) is 19.3 Å². The molecule has 1 amide bonds. The van der Waals surface area contributed by atoms with Crippen LogP contribution in [0.2, 0.25) is 5.02 Å². The largest absolute Gasteiger partial charge is 0.312 e. The van der Waals surface area contributed by atoms with E-state index in [0.29, 0.717) is 6.42 Å². The van der Waals surface area contributed by atoms with E-state index in [2.05, 4.69) is 15.9 Å². The van der Waals surface area contributed by atoms with Gasteiger partial charge in [-0.1, -0.05) is 33.6 Å². The highest BCUT2D eigenvalue weighted by molar-refractivity contribution is 9.09. The molecule has 0 unspecified atom stereocenters. The summed E-state index contributed by atoms with van der Waals surface area (Å²) in [7, 11) is 0. The van der Waals surface area contributed by atoms with E-state index < -0.39 is 0 Å². The molecule has 0 radical (unpaired) electrons. The molecule has 0 atom stereocenters. The molecule has 2 nitrogen and oxygen atoms in total. The van der Waals surface area contributed by atoms with Crippen molar-refractivity contribution in [3.8, 4) is 0 Å². The first-order valence-electron chi connectivity index (χ1n) is 5.37. The quantitative estimate of drug-likeness (QED) is 0.784. The summed E-state index contributed by atoms with van der Waals surface area (Å²) in [5.41, 5.74) is 2.10. The number of alkyl halides is 1. The van der Waals surface area contributed by atoms with Crippen LogP contribution in [0.1, 0.15) is 18.4 Å². The predicted octanol–water partition coefficient (Wildman–Crippen LogP) is 3.40. The monoisotopic (exact) mass is 301 g/mol. The van der Waals surface area contributed by atoms with Gasteiger partial charge in [0.15, 0.2) is 0 Å². The highest BCUT2D eigenvalue weighted by atomic mass is 79.9. The molecule has 0 N–H and O–H groups in total. The topological polar surface area (TPSA) is 20.3 Å². The lowest BCUT2D eigenvalue weighted by Crippen LogP contribution is -2.36. The lowest BCUT2D eigenvalue weighted by Gasteiger charge is -2.29. The zero-order chi connectivity index (χ0) is 11.5. The molecule has 1 aliphatic heterocycles. The van der Waals surface area contributed by atoms with Gasteiger partial charge in [0.1, 0.15) is 0 Å². The van der Waals surface area contributed by atoms with E-state index >= 15 is 0 Å². The Hall–Kier alpha value is -0.540. The second-order valence-corrected chi connectivity index (χ2v) is 5.03. The van der Waals surface area contributed by atoms with Gasteiger partial charge in [-0.15, -0.1) is 0 Å². The van der Waals surface area contributed by atoms with Gasteiger partial charge in [0, 0.05) is 29.0 Å². The van der Waals surface area contributed by atoms with Crippen LogP contribution in [-0.4, -0.2) is 17.8 Å². The number of amides is 1. The summed E-state index contributed by atoms with van der Waals surface area (Å²) in [6.07, 6.45) is 2.29.